The van der Waals surface area contributed by atoms with Gasteiger partial charge in [-0.3, -0.25) is 19.2 Å². The lowest BCUT2D eigenvalue weighted by Crippen LogP contribution is -2.61. The van der Waals surface area contributed by atoms with Gasteiger partial charge < -0.3 is 69.5 Å². The number of piperidine rings is 1. The Labute approximate surface area is 495 Å². The molecule has 5 heterocycles. The highest BCUT2D eigenvalue weighted by Gasteiger charge is 2.53. The number of nitrogens with zero attached hydrogens (tertiary/aromatic N) is 5. The molecule has 22 heteroatoms. The molecule has 0 radical (unpaired) electrons. The lowest BCUT2D eigenvalue weighted by atomic mass is 9.80. The van der Waals surface area contributed by atoms with Crippen LogP contribution in [0.1, 0.15) is 131 Å². The number of hydrogen-bond donors (Lipinski definition) is 5. The number of carbonyl (C=O) groups excluding carboxylic acids is 6. The molecule has 5 aliphatic rings. The van der Waals surface area contributed by atoms with Gasteiger partial charge in [-0.05, 0) is 101 Å². The number of carbonyl (C=O) groups is 6. The Bertz CT molecular complexity index is 2500. The second-order valence-corrected chi connectivity index (χ2v) is 24.1. The number of esters is 1. The van der Waals surface area contributed by atoms with Crippen LogP contribution in [0.25, 0.3) is 0 Å². The number of piperazine rings is 1. The van der Waals surface area contributed by atoms with Crippen LogP contribution in [-0.2, 0) is 58.9 Å². The van der Waals surface area contributed by atoms with Crippen molar-refractivity contribution in [2.45, 2.75) is 199 Å². The molecule has 16 atom stereocenters. The zero-order valence-corrected chi connectivity index (χ0v) is 51.1. The smallest absolute Gasteiger partial charge is 0.407 e. The molecule has 3 saturated heterocycles. The molecular formula is C62H95N7O15. The lowest BCUT2D eigenvalue weighted by Gasteiger charge is -2.43. The van der Waals surface area contributed by atoms with Crippen LogP contribution < -0.4 is 16.0 Å². The number of nitrogens with two attached hydrogens (primary N) is 1. The van der Waals surface area contributed by atoms with E-state index in [1.165, 1.54) is 12.0 Å². The van der Waals surface area contributed by atoms with Crippen LogP contribution in [0.4, 0.5) is 10.7 Å². The Hall–Kier alpha value is -5.46. The van der Waals surface area contributed by atoms with Crippen LogP contribution >= 0.6 is 0 Å². The Balaban J connectivity index is 1.19. The number of ether oxygens (including phenoxy) is 6. The summed E-state index contributed by atoms with van der Waals surface area (Å²) in [5.41, 5.74) is 8.99. The average molecular weight is 1180 g/mol. The maximum absolute atomic E-state index is 14.7. The highest BCUT2D eigenvalue weighted by atomic mass is 16.6. The van der Waals surface area contributed by atoms with Crippen molar-refractivity contribution in [3.8, 4) is 0 Å². The van der Waals surface area contributed by atoms with Crippen molar-refractivity contribution in [2.24, 2.45) is 35.3 Å². The van der Waals surface area contributed by atoms with E-state index in [0.29, 0.717) is 101 Å². The van der Waals surface area contributed by atoms with Gasteiger partial charge >= 0.3 is 12.1 Å². The number of Topliss-reactive ketones (excluding diaryl/α,β-unsaturated/α-hetero) is 2. The molecule has 6 rings (SSSR count). The monoisotopic (exact) mass is 1180 g/mol. The summed E-state index contributed by atoms with van der Waals surface area (Å²) in [4.78, 5) is 96.1. The number of cyclic esters (lactones) is 1. The molecule has 1 saturated carbocycles. The number of allylic oxidation sites excluding steroid dienone is 5. The molecular weight excluding hydrogens is 1080 g/mol. The standard InChI is InChI=1S/C62H95N7O15/c1-37-16-12-11-13-17-38(2)50(79-8)32-46-21-19-42(6)62(78,84-46)57(74)58(75)69-23-15-14-18-48(69)59(76)82-52(33-51(80-9)39(3)29-41(5)55(72)56(73)54(71)40(4)28-37)47(63)30-44-20-22-49(53(31-44)81-10)83-61(77)66-36-45-34-64-60(65-35-45)68-26-24-67(25-27-68)43(7)70/h11-13,16-17,29,34-35,37,39-40,42,44,46-53,55-56,72-73,78H,14-15,18-28,30-33,36,63H2,1-10H3,(H,66,77)/b13-11+,16-12+,38-17+,41-29+/t37-,39-,40-,42-,44+,46+,47-,48+,49-,50+,51-,52+,53-,55-,56+,62-/m1/s1. The Morgan fingerprint density at radius 2 is 1.51 bits per heavy atom. The van der Waals surface area contributed by atoms with E-state index >= 15 is 0 Å². The van der Waals surface area contributed by atoms with Crippen molar-refractivity contribution in [2.75, 3.05) is 59.0 Å². The van der Waals surface area contributed by atoms with Gasteiger partial charge in [-0.25, -0.2) is 19.6 Å². The minimum absolute atomic E-state index is 0.0344. The number of amides is 3. The highest BCUT2D eigenvalue weighted by molar-refractivity contribution is 6.39. The molecule has 4 aliphatic heterocycles. The molecule has 1 aromatic heterocycles. The fraction of sp³-hybridized carbons (Fsp3) is 0.710. The molecule has 0 unspecified atom stereocenters. The molecule has 4 fully saturated rings. The first-order valence-electron chi connectivity index (χ1n) is 30.1. The van der Waals surface area contributed by atoms with Gasteiger partial charge in [0.25, 0.3) is 11.7 Å². The number of anilines is 1. The highest BCUT2D eigenvalue weighted by Crippen LogP contribution is 2.38. The van der Waals surface area contributed by atoms with Crippen LogP contribution in [0.5, 0.6) is 0 Å². The molecule has 468 valence electrons. The first kappa shape index (κ1) is 67.7. The maximum atomic E-state index is 14.7. The van der Waals surface area contributed by atoms with Gasteiger partial charge in [-0.15, -0.1) is 0 Å². The zero-order valence-electron chi connectivity index (χ0n) is 51.1. The maximum Gasteiger partial charge on any atom is 0.407 e. The SMILES string of the molecule is CO[C@H]1C[C@@H]2CC[C@@H](C)[C@@](O)(O2)C(=O)C(=O)N2CCCC[C@H]2C(=O)O[C@H]([C@H](N)C[C@@H]2CC[C@@H](OC(=O)NCc3cnc(N4CCN(C(C)=O)CC4)nc3)[C@H](OC)C2)C[C@@H](OC)[C@H](C)/C=C(\C)[C@@H](O)[C@@H](O)C(=O)[C@H](C)C[C@H](C)/C=C/C=C/C=C/1C. The van der Waals surface area contributed by atoms with Crippen LogP contribution in [0, 0.1) is 29.6 Å². The minimum Gasteiger partial charge on any atom is -0.459 e. The first-order chi connectivity index (χ1) is 40.0. The van der Waals surface area contributed by atoms with Crippen molar-refractivity contribution in [3.63, 3.8) is 0 Å². The Morgan fingerprint density at radius 1 is 0.810 bits per heavy atom. The molecule has 0 aromatic carbocycles. The number of rotatable bonds is 10. The summed E-state index contributed by atoms with van der Waals surface area (Å²) in [7, 11) is 4.61. The number of methoxy groups -OCH3 is 3. The lowest BCUT2D eigenvalue weighted by molar-refractivity contribution is -0.265. The van der Waals surface area contributed by atoms with Gasteiger partial charge in [0.1, 0.15) is 30.5 Å². The number of alkyl carbamates (subject to hydrolysis) is 1. The molecule has 2 bridgehead atoms. The summed E-state index contributed by atoms with van der Waals surface area (Å²) in [6.07, 6.45) is 11.4. The van der Waals surface area contributed by atoms with Gasteiger partial charge in [0, 0.05) is 122 Å². The van der Waals surface area contributed by atoms with E-state index < -0.39 is 114 Å². The number of nitrogens with one attached hydrogen (secondary N) is 1. The number of ketones is 2. The Morgan fingerprint density at radius 3 is 2.18 bits per heavy atom. The van der Waals surface area contributed by atoms with Crippen LogP contribution in [0.2, 0.25) is 0 Å². The predicted molar refractivity (Wildman–Crippen MR) is 313 cm³/mol. The zero-order chi connectivity index (χ0) is 61.4. The van der Waals surface area contributed by atoms with Crippen molar-refractivity contribution in [3.05, 3.63) is 65.6 Å². The van der Waals surface area contributed by atoms with Crippen molar-refractivity contribution in [1.29, 1.82) is 0 Å². The minimum atomic E-state index is -2.47. The van der Waals surface area contributed by atoms with E-state index in [9.17, 15) is 44.1 Å². The molecule has 3 amide bonds. The van der Waals surface area contributed by atoms with E-state index in [1.54, 1.807) is 65.3 Å². The van der Waals surface area contributed by atoms with Crippen molar-refractivity contribution >= 4 is 41.4 Å². The fourth-order valence-electron chi connectivity index (χ4n) is 12.4. The van der Waals surface area contributed by atoms with Gasteiger partial charge in [0.05, 0.1) is 24.4 Å². The van der Waals surface area contributed by atoms with Gasteiger partial charge in [-0.2, -0.15) is 0 Å². The third kappa shape index (κ3) is 18.1. The third-order valence-corrected chi connectivity index (χ3v) is 17.8. The first-order valence-corrected chi connectivity index (χ1v) is 30.1. The number of hydrogen-bond acceptors (Lipinski definition) is 19. The normalized spacial score (nSPS) is 35.8. The summed E-state index contributed by atoms with van der Waals surface area (Å²) >= 11 is 0. The average Bonchev–Trinajstić information content (AvgIpc) is 2.07. The van der Waals surface area contributed by atoms with E-state index in [2.05, 4.69) is 15.3 Å². The summed E-state index contributed by atoms with van der Waals surface area (Å²) in [5.74, 6) is -7.32. The van der Waals surface area contributed by atoms with Gasteiger partial charge in [-0.1, -0.05) is 64.2 Å². The molecule has 1 aliphatic carbocycles. The van der Waals surface area contributed by atoms with E-state index in [-0.39, 0.29) is 50.1 Å². The van der Waals surface area contributed by atoms with Crippen molar-refractivity contribution < 1.29 is 72.5 Å². The quantitative estimate of drug-likeness (QED) is 0.116. The largest absolute Gasteiger partial charge is 0.459 e. The number of fused-ring (bicyclic) bond motifs is 3. The second kappa shape index (κ2) is 31.8. The summed E-state index contributed by atoms with van der Waals surface area (Å²) < 4.78 is 36.3. The van der Waals surface area contributed by atoms with E-state index in [1.807, 2.05) is 56.1 Å². The van der Waals surface area contributed by atoms with Crippen LogP contribution in [-0.4, -0.2) is 191 Å². The third-order valence-electron chi connectivity index (χ3n) is 17.8. The molecule has 22 nitrogen and oxygen atoms in total. The number of aliphatic hydroxyl groups is 3. The summed E-state index contributed by atoms with van der Waals surface area (Å²) in [6, 6.07) is -2.01. The predicted octanol–water partition coefficient (Wildman–Crippen LogP) is 5.06. The van der Waals surface area contributed by atoms with Crippen LogP contribution in [0.3, 0.4) is 0 Å². The molecule has 84 heavy (non-hydrogen) atoms. The van der Waals surface area contributed by atoms with Crippen molar-refractivity contribution in [1.82, 2.24) is 25.1 Å². The van der Waals surface area contributed by atoms with E-state index in [4.69, 9.17) is 34.2 Å². The Kier molecular flexibility index (Phi) is 25.6. The fourth-order valence-corrected chi connectivity index (χ4v) is 12.4. The van der Waals surface area contributed by atoms with E-state index in [0.717, 1.165) is 5.57 Å². The topological polar surface area (TPSA) is 292 Å². The summed E-state index contributed by atoms with van der Waals surface area (Å²) in [6.45, 7) is 14.9. The molecule has 6 N–H and O–H groups in total. The number of aromatic nitrogens is 2. The molecule has 1 aromatic rings. The van der Waals surface area contributed by atoms with Gasteiger partial charge in [0.15, 0.2) is 5.78 Å². The van der Waals surface area contributed by atoms with Crippen LogP contribution in [0.15, 0.2) is 60.0 Å². The summed E-state index contributed by atoms with van der Waals surface area (Å²) in [5, 5.41) is 37.5. The second-order valence-electron chi connectivity index (χ2n) is 24.1. The number of aliphatic hydroxyl groups excluding tert-OH is 2. The molecule has 0 spiro atoms. The van der Waals surface area contributed by atoms with Gasteiger partial charge in [0.2, 0.25) is 17.6 Å².